The Bertz CT molecular complexity index is 348. The normalized spacial score (nSPS) is 27.1. The Kier molecular flexibility index (Phi) is 3.84. The number of nitrogens with zero attached hydrogens (tertiary/aromatic N) is 1. The van der Waals surface area contributed by atoms with Crippen molar-refractivity contribution in [1.82, 2.24) is 10.5 Å². The minimum absolute atomic E-state index is 0.0950. The van der Waals surface area contributed by atoms with Crippen molar-refractivity contribution in [2.75, 3.05) is 0 Å². The molecular formula is C13H22N2O2. The van der Waals surface area contributed by atoms with Crippen molar-refractivity contribution in [1.29, 1.82) is 0 Å². The maximum Gasteiger partial charge on any atom is 0.138 e. The smallest absolute Gasteiger partial charge is 0.138 e. The Balaban J connectivity index is 1.95. The summed E-state index contributed by atoms with van der Waals surface area (Å²) in [7, 11) is 0. The molecule has 0 spiro atoms. The van der Waals surface area contributed by atoms with Gasteiger partial charge in [0.25, 0.3) is 0 Å². The lowest BCUT2D eigenvalue weighted by Gasteiger charge is -2.29. The molecule has 1 aromatic heterocycles. The molecule has 0 amide bonds. The van der Waals surface area contributed by atoms with E-state index in [1.807, 2.05) is 13.8 Å². The predicted octanol–water partition coefficient (Wildman–Crippen LogP) is 2.25. The third-order valence-corrected chi connectivity index (χ3v) is 3.70. The molecule has 1 aliphatic carbocycles. The molecule has 1 aromatic rings. The summed E-state index contributed by atoms with van der Waals surface area (Å²) in [4.78, 5) is 0. The van der Waals surface area contributed by atoms with Crippen LogP contribution in [0.2, 0.25) is 0 Å². The van der Waals surface area contributed by atoms with Gasteiger partial charge in [-0.15, -0.1) is 0 Å². The highest BCUT2D eigenvalue weighted by molar-refractivity contribution is 5.24. The highest BCUT2D eigenvalue weighted by Gasteiger charge is 2.23. The van der Waals surface area contributed by atoms with Crippen molar-refractivity contribution in [2.45, 2.75) is 64.6 Å². The van der Waals surface area contributed by atoms with Gasteiger partial charge in [0.1, 0.15) is 5.76 Å². The molecule has 2 rings (SSSR count). The zero-order valence-electron chi connectivity index (χ0n) is 10.9. The lowest BCUT2D eigenvalue weighted by Crippen LogP contribution is -2.36. The van der Waals surface area contributed by atoms with Crippen LogP contribution in [0, 0.1) is 13.8 Å². The molecule has 17 heavy (non-hydrogen) atoms. The Morgan fingerprint density at radius 2 is 1.94 bits per heavy atom. The molecule has 0 aromatic carbocycles. The van der Waals surface area contributed by atoms with E-state index < -0.39 is 0 Å². The molecule has 1 fully saturated rings. The van der Waals surface area contributed by atoms with Crippen LogP contribution >= 0.6 is 0 Å². The number of hydrogen-bond donors (Lipinski definition) is 2. The number of aromatic nitrogens is 1. The first-order valence-electron chi connectivity index (χ1n) is 6.44. The van der Waals surface area contributed by atoms with E-state index in [2.05, 4.69) is 17.4 Å². The minimum atomic E-state index is -0.0950. The quantitative estimate of drug-likeness (QED) is 0.848. The molecule has 4 heteroatoms. The summed E-state index contributed by atoms with van der Waals surface area (Å²) in [6.07, 6.45) is 3.82. The summed E-state index contributed by atoms with van der Waals surface area (Å²) in [6, 6.07) is 0.767. The average Bonchev–Trinajstić information content (AvgIpc) is 2.62. The van der Waals surface area contributed by atoms with Crippen molar-refractivity contribution in [3.05, 3.63) is 17.0 Å². The second kappa shape index (κ2) is 5.19. The fourth-order valence-corrected chi connectivity index (χ4v) is 2.79. The largest absolute Gasteiger partial charge is 0.393 e. The van der Waals surface area contributed by atoms with Crippen LogP contribution in [0.15, 0.2) is 4.52 Å². The molecule has 0 saturated heterocycles. The first-order chi connectivity index (χ1) is 8.08. The van der Waals surface area contributed by atoms with E-state index in [1.165, 1.54) is 5.56 Å². The van der Waals surface area contributed by atoms with E-state index in [4.69, 9.17) is 4.52 Å². The van der Waals surface area contributed by atoms with Crippen LogP contribution in [-0.4, -0.2) is 22.4 Å². The van der Waals surface area contributed by atoms with Crippen LogP contribution in [0.5, 0.6) is 0 Å². The van der Waals surface area contributed by atoms with Gasteiger partial charge in [-0.05, 0) is 46.5 Å². The summed E-state index contributed by atoms with van der Waals surface area (Å²) in [5.41, 5.74) is 2.15. The fourth-order valence-electron chi connectivity index (χ4n) is 2.79. The first kappa shape index (κ1) is 12.6. The van der Waals surface area contributed by atoms with Crippen molar-refractivity contribution >= 4 is 0 Å². The predicted molar refractivity (Wildman–Crippen MR) is 65.8 cm³/mol. The average molecular weight is 238 g/mol. The number of aryl methyl sites for hydroxylation is 2. The van der Waals surface area contributed by atoms with E-state index in [1.54, 1.807) is 0 Å². The maximum atomic E-state index is 9.48. The monoisotopic (exact) mass is 238 g/mol. The molecule has 1 atom stereocenters. The van der Waals surface area contributed by atoms with E-state index in [0.29, 0.717) is 6.04 Å². The van der Waals surface area contributed by atoms with Crippen LogP contribution in [0.3, 0.4) is 0 Å². The molecule has 0 aliphatic heterocycles. The van der Waals surface area contributed by atoms with Gasteiger partial charge in [0.15, 0.2) is 0 Å². The van der Waals surface area contributed by atoms with Gasteiger partial charge in [0.05, 0.1) is 11.8 Å². The zero-order chi connectivity index (χ0) is 12.4. The Morgan fingerprint density at radius 1 is 1.29 bits per heavy atom. The SMILES string of the molecule is Cc1noc(C)c1C(C)NC1CCC(O)CC1. The lowest BCUT2D eigenvalue weighted by molar-refractivity contribution is 0.114. The first-order valence-corrected chi connectivity index (χ1v) is 6.44. The second-order valence-electron chi connectivity index (χ2n) is 5.13. The molecule has 1 unspecified atom stereocenters. The van der Waals surface area contributed by atoms with Crippen LogP contribution < -0.4 is 5.32 Å². The van der Waals surface area contributed by atoms with Crippen molar-refractivity contribution in [3.8, 4) is 0 Å². The van der Waals surface area contributed by atoms with E-state index in [-0.39, 0.29) is 12.1 Å². The van der Waals surface area contributed by atoms with Crippen LogP contribution in [0.1, 0.15) is 55.7 Å². The standard InChI is InChI=1S/C13H22N2O2/c1-8(13-9(2)15-17-10(13)3)14-11-4-6-12(16)7-5-11/h8,11-12,14,16H,4-7H2,1-3H3. The molecule has 1 heterocycles. The molecule has 0 bridgehead atoms. The highest BCUT2D eigenvalue weighted by Crippen LogP contribution is 2.25. The number of aliphatic hydroxyl groups is 1. The molecule has 1 aliphatic rings. The van der Waals surface area contributed by atoms with Gasteiger partial charge in [-0.2, -0.15) is 0 Å². The second-order valence-corrected chi connectivity index (χ2v) is 5.13. The summed E-state index contributed by atoms with van der Waals surface area (Å²) in [5, 5.41) is 17.1. The van der Waals surface area contributed by atoms with Gasteiger partial charge in [-0.25, -0.2) is 0 Å². The summed E-state index contributed by atoms with van der Waals surface area (Å²) in [5.74, 6) is 0.901. The molecule has 0 radical (unpaired) electrons. The Morgan fingerprint density at radius 3 is 2.47 bits per heavy atom. The molecule has 1 saturated carbocycles. The van der Waals surface area contributed by atoms with Crippen LogP contribution in [0.4, 0.5) is 0 Å². The lowest BCUT2D eigenvalue weighted by atomic mass is 9.92. The van der Waals surface area contributed by atoms with Crippen LogP contribution in [-0.2, 0) is 0 Å². The minimum Gasteiger partial charge on any atom is -0.393 e. The van der Waals surface area contributed by atoms with E-state index in [9.17, 15) is 5.11 Å². The topological polar surface area (TPSA) is 58.3 Å². The number of aliphatic hydroxyl groups excluding tert-OH is 1. The number of nitrogens with one attached hydrogen (secondary N) is 1. The van der Waals surface area contributed by atoms with Gasteiger partial charge in [-0.3, -0.25) is 0 Å². The van der Waals surface area contributed by atoms with Gasteiger partial charge in [0, 0.05) is 17.6 Å². The molecule has 4 nitrogen and oxygen atoms in total. The van der Waals surface area contributed by atoms with Gasteiger partial charge in [0.2, 0.25) is 0 Å². The number of hydrogen-bond acceptors (Lipinski definition) is 4. The third-order valence-electron chi connectivity index (χ3n) is 3.70. The fraction of sp³-hybridized carbons (Fsp3) is 0.769. The van der Waals surface area contributed by atoms with Gasteiger partial charge in [-0.1, -0.05) is 5.16 Å². The summed E-state index contributed by atoms with van der Waals surface area (Å²) >= 11 is 0. The van der Waals surface area contributed by atoms with Gasteiger partial charge < -0.3 is 14.9 Å². The molecule has 2 N–H and O–H groups in total. The van der Waals surface area contributed by atoms with Gasteiger partial charge >= 0.3 is 0 Å². The van der Waals surface area contributed by atoms with Crippen molar-refractivity contribution in [3.63, 3.8) is 0 Å². The maximum absolute atomic E-state index is 9.48. The molecular weight excluding hydrogens is 216 g/mol. The zero-order valence-corrected chi connectivity index (χ0v) is 10.9. The van der Waals surface area contributed by atoms with Crippen LogP contribution in [0.25, 0.3) is 0 Å². The highest BCUT2D eigenvalue weighted by atomic mass is 16.5. The van der Waals surface area contributed by atoms with E-state index >= 15 is 0 Å². The van der Waals surface area contributed by atoms with Crippen molar-refractivity contribution in [2.24, 2.45) is 0 Å². The Labute approximate surface area is 102 Å². The summed E-state index contributed by atoms with van der Waals surface area (Å²) < 4.78 is 5.19. The third kappa shape index (κ3) is 2.87. The van der Waals surface area contributed by atoms with E-state index in [0.717, 1.165) is 37.1 Å². The van der Waals surface area contributed by atoms with Crippen molar-refractivity contribution < 1.29 is 9.63 Å². The Hall–Kier alpha value is -0.870. The number of rotatable bonds is 3. The summed E-state index contributed by atoms with van der Waals surface area (Å²) in [6.45, 7) is 6.09. The molecule has 96 valence electrons.